The third-order valence-electron chi connectivity index (χ3n) is 5.10. The van der Waals surface area contributed by atoms with E-state index >= 15 is 0 Å². The van der Waals surface area contributed by atoms with Crippen molar-refractivity contribution >= 4 is 12.0 Å². The van der Waals surface area contributed by atoms with Gasteiger partial charge in [-0.15, -0.1) is 0 Å². The van der Waals surface area contributed by atoms with Crippen molar-refractivity contribution in [1.29, 1.82) is 0 Å². The van der Waals surface area contributed by atoms with E-state index in [1.54, 1.807) is 18.7 Å². The number of piperidine rings is 1. The minimum Gasteiger partial charge on any atom is -0.367 e. The molecular formula is C20H28N6. The lowest BCUT2D eigenvalue weighted by molar-refractivity contribution is 0.166. The van der Waals surface area contributed by atoms with Crippen LogP contribution in [-0.4, -0.2) is 46.3 Å². The number of hydrogen-bond donors (Lipinski definition) is 2. The number of hydrazone groups is 1. The van der Waals surface area contributed by atoms with Crippen molar-refractivity contribution in [3.8, 4) is 0 Å². The first-order valence-corrected chi connectivity index (χ1v) is 9.25. The molecule has 6 nitrogen and oxygen atoms in total. The van der Waals surface area contributed by atoms with Gasteiger partial charge in [0, 0.05) is 31.4 Å². The van der Waals surface area contributed by atoms with Gasteiger partial charge in [-0.3, -0.25) is 0 Å². The second kappa shape index (κ2) is 8.76. The van der Waals surface area contributed by atoms with Gasteiger partial charge in [-0.25, -0.2) is 9.97 Å². The number of likely N-dealkylation sites (tertiary alicyclic amines) is 1. The number of aryl methyl sites for hydroxylation is 1. The van der Waals surface area contributed by atoms with Crippen molar-refractivity contribution < 1.29 is 0 Å². The normalized spacial score (nSPS) is 17.5. The molecule has 1 unspecified atom stereocenters. The Bertz CT molecular complexity index is 719. The highest BCUT2D eigenvalue weighted by atomic mass is 15.2. The van der Waals surface area contributed by atoms with E-state index < -0.39 is 0 Å². The van der Waals surface area contributed by atoms with E-state index in [0.29, 0.717) is 12.1 Å². The quantitative estimate of drug-likeness (QED) is 0.474. The van der Waals surface area contributed by atoms with Gasteiger partial charge >= 0.3 is 0 Å². The van der Waals surface area contributed by atoms with E-state index in [4.69, 9.17) is 5.84 Å². The molecule has 3 rings (SSSR count). The van der Waals surface area contributed by atoms with Crippen LogP contribution in [0.25, 0.3) is 0 Å². The fourth-order valence-corrected chi connectivity index (χ4v) is 3.51. The molecule has 1 aromatic carbocycles. The van der Waals surface area contributed by atoms with E-state index in [9.17, 15) is 0 Å². The van der Waals surface area contributed by atoms with Gasteiger partial charge in [-0.05, 0) is 38.7 Å². The van der Waals surface area contributed by atoms with Crippen LogP contribution in [0.3, 0.4) is 0 Å². The van der Waals surface area contributed by atoms with Crippen LogP contribution in [0.15, 0.2) is 41.9 Å². The monoisotopic (exact) mass is 352 g/mol. The van der Waals surface area contributed by atoms with Crippen LogP contribution in [0.5, 0.6) is 0 Å². The standard InChI is InChI=1S/C20H28N6/c1-15-3-5-17(6-4-15)11-16(2)26-9-7-19(8-10-26)25-20-18(13-24-21)12-22-14-23-20/h3-6,12-14,16,19H,7-11,21H2,1-2H3,(H,22,23,25)/b24-13-. The first-order chi connectivity index (χ1) is 12.7. The summed E-state index contributed by atoms with van der Waals surface area (Å²) in [6, 6.07) is 9.85. The molecule has 3 N–H and O–H groups in total. The summed E-state index contributed by atoms with van der Waals surface area (Å²) >= 11 is 0. The summed E-state index contributed by atoms with van der Waals surface area (Å²) < 4.78 is 0. The lowest BCUT2D eigenvalue weighted by Gasteiger charge is -2.36. The summed E-state index contributed by atoms with van der Waals surface area (Å²) in [7, 11) is 0. The second-order valence-electron chi connectivity index (χ2n) is 7.10. The molecule has 0 spiro atoms. The van der Waals surface area contributed by atoms with Crippen LogP contribution in [0, 0.1) is 6.92 Å². The maximum atomic E-state index is 5.27. The highest BCUT2D eigenvalue weighted by Gasteiger charge is 2.23. The number of rotatable bonds is 6. The Morgan fingerprint density at radius 3 is 2.73 bits per heavy atom. The van der Waals surface area contributed by atoms with Crippen LogP contribution < -0.4 is 11.2 Å². The van der Waals surface area contributed by atoms with Crippen molar-refractivity contribution in [3.05, 3.63) is 53.5 Å². The van der Waals surface area contributed by atoms with Crippen LogP contribution in [0.4, 0.5) is 5.82 Å². The zero-order valence-electron chi connectivity index (χ0n) is 15.6. The SMILES string of the molecule is Cc1ccc(CC(C)N2CCC(Nc3ncncc3/C=N\N)CC2)cc1. The van der Waals surface area contributed by atoms with E-state index in [1.807, 2.05) is 0 Å². The fourth-order valence-electron chi connectivity index (χ4n) is 3.51. The van der Waals surface area contributed by atoms with Crippen LogP contribution >= 0.6 is 0 Å². The molecule has 1 atom stereocenters. The topological polar surface area (TPSA) is 79.4 Å². The Balaban J connectivity index is 1.52. The van der Waals surface area contributed by atoms with Gasteiger partial charge in [0.25, 0.3) is 0 Å². The average molecular weight is 352 g/mol. The lowest BCUT2D eigenvalue weighted by atomic mass is 9.99. The average Bonchev–Trinajstić information content (AvgIpc) is 2.66. The summed E-state index contributed by atoms with van der Waals surface area (Å²) in [4.78, 5) is 10.9. The molecule has 0 radical (unpaired) electrons. The predicted molar refractivity (Wildman–Crippen MR) is 106 cm³/mol. The van der Waals surface area contributed by atoms with E-state index in [1.165, 1.54) is 11.1 Å². The molecule has 2 heterocycles. The molecule has 138 valence electrons. The van der Waals surface area contributed by atoms with E-state index in [2.05, 4.69) is 63.4 Å². The highest BCUT2D eigenvalue weighted by molar-refractivity contribution is 5.85. The molecule has 1 aromatic heterocycles. The number of nitrogens with one attached hydrogen (secondary N) is 1. The molecule has 1 aliphatic rings. The zero-order valence-corrected chi connectivity index (χ0v) is 15.6. The largest absolute Gasteiger partial charge is 0.367 e. The third-order valence-corrected chi connectivity index (χ3v) is 5.10. The molecule has 0 saturated carbocycles. The molecule has 0 aliphatic carbocycles. The van der Waals surface area contributed by atoms with Gasteiger partial charge in [0.2, 0.25) is 0 Å². The van der Waals surface area contributed by atoms with Crippen molar-refractivity contribution in [2.75, 3.05) is 18.4 Å². The zero-order chi connectivity index (χ0) is 18.4. The molecule has 1 aliphatic heterocycles. The molecule has 0 amide bonds. The smallest absolute Gasteiger partial charge is 0.138 e. The van der Waals surface area contributed by atoms with Crippen molar-refractivity contribution in [1.82, 2.24) is 14.9 Å². The predicted octanol–water partition coefficient (Wildman–Crippen LogP) is 2.59. The van der Waals surface area contributed by atoms with Gasteiger partial charge in [0.1, 0.15) is 12.1 Å². The maximum Gasteiger partial charge on any atom is 0.138 e. The minimum atomic E-state index is 0.414. The Labute approximate surface area is 155 Å². The number of nitrogens with zero attached hydrogens (tertiary/aromatic N) is 4. The number of benzene rings is 1. The van der Waals surface area contributed by atoms with Crippen molar-refractivity contribution in [2.24, 2.45) is 10.9 Å². The molecule has 6 heteroatoms. The molecule has 1 saturated heterocycles. The first kappa shape index (κ1) is 18.3. The molecule has 1 fully saturated rings. The summed E-state index contributed by atoms with van der Waals surface area (Å²) in [5.41, 5.74) is 3.55. The third kappa shape index (κ3) is 4.79. The van der Waals surface area contributed by atoms with Gasteiger partial charge < -0.3 is 16.1 Å². The lowest BCUT2D eigenvalue weighted by Crippen LogP contribution is -2.44. The molecule has 26 heavy (non-hydrogen) atoms. The first-order valence-electron chi connectivity index (χ1n) is 9.25. The summed E-state index contributed by atoms with van der Waals surface area (Å²) in [5.74, 6) is 6.07. The van der Waals surface area contributed by atoms with Gasteiger partial charge in [-0.1, -0.05) is 29.8 Å². The summed E-state index contributed by atoms with van der Waals surface area (Å²) in [6.07, 6.45) is 8.16. The number of nitrogens with two attached hydrogens (primary N) is 1. The number of anilines is 1. The van der Waals surface area contributed by atoms with Gasteiger partial charge in [0.05, 0.1) is 11.8 Å². The summed E-state index contributed by atoms with van der Waals surface area (Å²) in [5, 5.41) is 7.11. The maximum absolute atomic E-state index is 5.27. The Morgan fingerprint density at radius 1 is 1.31 bits per heavy atom. The minimum absolute atomic E-state index is 0.414. The molecule has 0 bridgehead atoms. The van der Waals surface area contributed by atoms with Crippen LogP contribution in [0.2, 0.25) is 0 Å². The van der Waals surface area contributed by atoms with Gasteiger partial charge in [0.15, 0.2) is 0 Å². The fraction of sp³-hybridized carbons (Fsp3) is 0.450. The van der Waals surface area contributed by atoms with Crippen molar-refractivity contribution in [3.63, 3.8) is 0 Å². The Kier molecular flexibility index (Phi) is 6.17. The van der Waals surface area contributed by atoms with E-state index in [0.717, 1.165) is 43.7 Å². The van der Waals surface area contributed by atoms with E-state index in [-0.39, 0.29) is 0 Å². The van der Waals surface area contributed by atoms with Crippen molar-refractivity contribution in [2.45, 2.75) is 45.2 Å². The van der Waals surface area contributed by atoms with Gasteiger partial charge in [-0.2, -0.15) is 5.10 Å². The molecule has 2 aromatic rings. The highest BCUT2D eigenvalue weighted by Crippen LogP contribution is 2.20. The molecular weight excluding hydrogens is 324 g/mol. The Hall–Kier alpha value is -2.47. The number of aromatic nitrogens is 2. The van der Waals surface area contributed by atoms with Crippen LogP contribution in [0.1, 0.15) is 36.5 Å². The summed E-state index contributed by atoms with van der Waals surface area (Å²) in [6.45, 7) is 6.65. The number of hydrogen-bond acceptors (Lipinski definition) is 6. The second-order valence-corrected chi connectivity index (χ2v) is 7.10. The van der Waals surface area contributed by atoms with Crippen LogP contribution in [-0.2, 0) is 6.42 Å². The Morgan fingerprint density at radius 2 is 2.04 bits per heavy atom.